The van der Waals surface area contributed by atoms with Crippen molar-refractivity contribution < 1.29 is 9.00 Å². The van der Waals surface area contributed by atoms with E-state index in [2.05, 4.69) is 15.3 Å². The van der Waals surface area contributed by atoms with E-state index >= 15 is 0 Å². The lowest BCUT2D eigenvalue weighted by molar-refractivity contribution is 0.0951. The highest BCUT2D eigenvalue weighted by molar-refractivity contribution is 7.84. The summed E-state index contributed by atoms with van der Waals surface area (Å²) in [5.74, 6) is 0.350. The number of nitrogens with two attached hydrogens (primary N) is 1. The van der Waals surface area contributed by atoms with Crippen LogP contribution in [0, 0.1) is 0 Å². The number of hydrogen-bond acceptors (Lipinski definition) is 5. The molecule has 0 aliphatic rings. The van der Waals surface area contributed by atoms with Gasteiger partial charge in [-0.05, 0) is 0 Å². The van der Waals surface area contributed by atoms with Crippen LogP contribution in [0.2, 0.25) is 0 Å². The first-order valence-corrected chi connectivity index (χ1v) is 5.98. The Kier molecular flexibility index (Phi) is 4.17. The second kappa shape index (κ2) is 5.40. The molecule has 15 heavy (non-hydrogen) atoms. The first kappa shape index (κ1) is 11.6. The minimum Gasteiger partial charge on any atom is -0.382 e. The number of hydrogen-bond donors (Lipinski definition) is 2. The number of rotatable bonds is 4. The summed E-state index contributed by atoms with van der Waals surface area (Å²) in [6.45, 7) is 0.355. The molecule has 0 fully saturated rings. The lowest BCUT2D eigenvalue weighted by Crippen LogP contribution is -2.28. The molecule has 1 rings (SSSR count). The highest BCUT2D eigenvalue weighted by Gasteiger charge is 2.06. The Morgan fingerprint density at radius 1 is 1.53 bits per heavy atom. The van der Waals surface area contributed by atoms with Gasteiger partial charge in [0.05, 0.1) is 12.4 Å². The molecule has 3 N–H and O–H groups in total. The number of carbonyl (C=O) groups excluding carboxylic acids is 1. The molecular formula is C8H12N4O2S. The predicted octanol–water partition coefficient (Wildman–Crippen LogP) is -0.833. The van der Waals surface area contributed by atoms with E-state index in [0.29, 0.717) is 12.3 Å². The molecule has 6 nitrogen and oxygen atoms in total. The molecule has 1 aromatic rings. The molecule has 0 aromatic carbocycles. The number of carbonyl (C=O) groups is 1. The molecule has 0 radical (unpaired) electrons. The van der Waals surface area contributed by atoms with Crippen molar-refractivity contribution in [1.82, 2.24) is 15.3 Å². The zero-order valence-electron chi connectivity index (χ0n) is 8.27. The van der Waals surface area contributed by atoms with Gasteiger partial charge < -0.3 is 11.1 Å². The average molecular weight is 228 g/mol. The average Bonchev–Trinajstić information content (AvgIpc) is 2.18. The van der Waals surface area contributed by atoms with Crippen LogP contribution in [0.5, 0.6) is 0 Å². The van der Waals surface area contributed by atoms with Crippen molar-refractivity contribution in [3.63, 3.8) is 0 Å². The van der Waals surface area contributed by atoms with Gasteiger partial charge in [-0.2, -0.15) is 0 Å². The third kappa shape index (κ3) is 4.03. The van der Waals surface area contributed by atoms with Crippen molar-refractivity contribution in [1.29, 1.82) is 0 Å². The maximum atomic E-state index is 11.4. The molecule has 0 saturated carbocycles. The summed E-state index contributed by atoms with van der Waals surface area (Å²) in [4.78, 5) is 18.9. The van der Waals surface area contributed by atoms with Crippen molar-refractivity contribution in [3.8, 4) is 0 Å². The molecule has 0 bridgehead atoms. The Bertz CT molecular complexity index is 365. The van der Waals surface area contributed by atoms with E-state index in [0.717, 1.165) is 0 Å². The fourth-order valence-electron chi connectivity index (χ4n) is 0.854. The van der Waals surface area contributed by atoms with Crippen molar-refractivity contribution in [3.05, 3.63) is 18.1 Å². The first-order chi connectivity index (χ1) is 7.09. The monoisotopic (exact) mass is 228 g/mol. The maximum absolute atomic E-state index is 11.4. The fourth-order valence-corrected chi connectivity index (χ4v) is 1.24. The smallest absolute Gasteiger partial charge is 0.271 e. The Morgan fingerprint density at radius 3 is 2.80 bits per heavy atom. The zero-order chi connectivity index (χ0) is 11.3. The van der Waals surface area contributed by atoms with Gasteiger partial charge in [-0.1, -0.05) is 0 Å². The second-order valence-electron chi connectivity index (χ2n) is 2.86. The topological polar surface area (TPSA) is 98.0 Å². The van der Waals surface area contributed by atoms with Crippen LogP contribution in [-0.2, 0) is 10.8 Å². The van der Waals surface area contributed by atoms with Gasteiger partial charge in [0.1, 0.15) is 11.5 Å². The normalized spacial score (nSPS) is 12.1. The van der Waals surface area contributed by atoms with E-state index in [4.69, 9.17) is 5.73 Å². The van der Waals surface area contributed by atoms with Gasteiger partial charge in [0.25, 0.3) is 5.91 Å². The lowest BCUT2D eigenvalue weighted by Gasteiger charge is -2.02. The minimum absolute atomic E-state index is 0.200. The summed E-state index contributed by atoms with van der Waals surface area (Å²) in [5, 5.41) is 2.57. The molecule has 7 heteroatoms. The number of nitrogens with one attached hydrogen (secondary N) is 1. The van der Waals surface area contributed by atoms with Gasteiger partial charge in [0.15, 0.2) is 0 Å². The van der Waals surface area contributed by atoms with Crippen LogP contribution in [0.1, 0.15) is 10.5 Å². The largest absolute Gasteiger partial charge is 0.382 e. The van der Waals surface area contributed by atoms with Crippen LogP contribution in [0.25, 0.3) is 0 Å². The highest BCUT2D eigenvalue weighted by atomic mass is 32.2. The number of nitrogens with zero attached hydrogens (tertiary/aromatic N) is 2. The van der Waals surface area contributed by atoms with Crippen LogP contribution in [0.3, 0.4) is 0 Å². The van der Waals surface area contributed by atoms with Crippen LogP contribution < -0.4 is 11.1 Å². The summed E-state index contributed by atoms with van der Waals surface area (Å²) >= 11 is 0. The Morgan fingerprint density at radius 2 is 2.27 bits per heavy atom. The predicted molar refractivity (Wildman–Crippen MR) is 57.7 cm³/mol. The summed E-state index contributed by atoms with van der Waals surface area (Å²) in [6, 6.07) is 0. The van der Waals surface area contributed by atoms with Gasteiger partial charge >= 0.3 is 0 Å². The summed E-state index contributed by atoms with van der Waals surface area (Å²) in [7, 11) is -0.913. The van der Waals surface area contributed by atoms with Gasteiger partial charge in [0.2, 0.25) is 0 Å². The molecule has 1 heterocycles. The van der Waals surface area contributed by atoms with Crippen molar-refractivity contribution in [2.24, 2.45) is 0 Å². The second-order valence-corrected chi connectivity index (χ2v) is 4.41. The molecule has 82 valence electrons. The Hall–Kier alpha value is -1.50. The molecule has 0 aliphatic heterocycles. The summed E-state index contributed by atoms with van der Waals surface area (Å²) in [6.07, 6.45) is 4.19. The molecule has 0 saturated heterocycles. The minimum atomic E-state index is -0.913. The van der Waals surface area contributed by atoms with Gasteiger partial charge in [-0.25, -0.2) is 9.97 Å². The quantitative estimate of drug-likeness (QED) is 0.700. The van der Waals surface area contributed by atoms with Crippen molar-refractivity contribution >= 4 is 22.5 Å². The third-order valence-electron chi connectivity index (χ3n) is 1.58. The van der Waals surface area contributed by atoms with Crippen molar-refractivity contribution in [2.45, 2.75) is 0 Å². The third-order valence-corrected chi connectivity index (χ3v) is 2.36. The first-order valence-electron chi connectivity index (χ1n) is 4.25. The van der Waals surface area contributed by atoms with E-state index in [-0.39, 0.29) is 17.4 Å². The molecule has 1 aromatic heterocycles. The number of aromatic nitrogens is 2. The highest BCUT2D eigenvalue weighted by Crippen LogP contribution is 1.95. The van der Waals surface area contributed by atoms with Gasteiger partial charge in [-0.3, -0.25) is 9.00 Å². The number of anilines is 1. The molecule has 0 spiro atoms. The standard InChI is InChI=1S/C8H12N4O2S/c1-15(14)3-2-10-8(13)6-4-12-7(9)5-11-6/h4-5H,2-3H2,1H3,(H2,9,12)(H,10,13). The van der Waals surface area contributed by atoms with E-state index in [1.165, 1.54) is 12.4 Å². The Balaban J connectivity index is 2.47. The van der Waals surface area contributed by atoms with Crippen LogP contribution in [0.15, 0.2) is 12.4 Å². The molecule has 1 atom stereocenters. The van der Waals surface area contributed by atoms with Gasteiger partial charge in [-0.15, -0.1) is 0 Å². The summed E-state index contributed by atoms with van der Waals surface area (Å²) in [5.41, 5.74) is 5.52. The number of amides is 1. The fraction of sp³-hybridized carbons (Fsp3) is 0.375. The maximum Gasteiger partial charge on any atom is 0.271 e. The Labute approximate surface area is 89.8 Å². The van der Waals surface area contributed by atoms with E-state index in [1.54, 1.807) is 6.26 Å². The molecule has 1 unspecified atom stereocenters. The molecule has 1 amide bonds. The van der Waals surface area contributed by atoms with E-state index in [9.17, 15) is 9.00 Å². The van der Waals surface area contributed by atoms with E-state index in [1.807, 2.05) is 0 Å². The van der Waals surface area contributed by atoms with E-state index < -0.39 is 10.8 Å². The lowest BCUT2D eigenvalue weighted by atomic mass is 10.4. The van der Waals surface area contributed by atoms with Crippen LogP contribution in [0.4, 0.5) is 5.82 Å². The summed E-state index contributed by atoms with van der Waals surface area (Å²) < 4.78 is 10.7. The van der Waals surface area contributed by atoms with Crippen LogP contribution >= 0.6 is 0 Å². The van der Waals surface area contributed by atoms with Crippen molar-refractivity contribution in [2.75, 3.05) is 24.3 Å². The SMILES string of the molecule is CS(=O)CCNC(=O)c1cnc(N)cn1. The van der Waals surface area contributed by atoms with Gasteiger partial charge in [0, 0.05) is 29.4 Å². The molecule has 0 aliphatic carbocycles. The zero-order valence-corrected chi connectivity index (χ0v) is 9.08. The molecular weight excluding hydrogens is 216 g/mol. The number of nitrogen functional groups attached to an aromatic ring is 1. The van der Waals surface area contributed by atoms with Crippen LogP contribution in [-0.4, -0.2) is 38.6 Å².